The predicted molar refractivity (Wildman–Crippen MR) is 63.6 cm³/mol. The second-order valence-electron chi connectivity index (χ2n) is 5.62. The summed E-state index contributed by atoms with van der Waals surface area (Å²) in [6.07, 6.45) is 1.11. The number of hydrogen-bond donors (Lipinski definition) is 1. The fraction of sp³-hybridized carbons (Fsp3) is 1.00. The van der Waals surface area contributed by atoms with Crippen molar-refractivity contribution < 1.29 is 19.3 Å². The van der Waals surface area contributed by atoms with E-state index in [0.29, 0.717) is 12.5 Å². The molecule has 0 aromatic carbocycles. The average Bonchev–Trinajstić information content (AvgIpc) is 2.78. The monoisotopic (exact) mass is 244 g/mol. The van der Waals surface area contributed by atoms with Gasteiger partial charge < -0.3 is 19.3 Å². The first kappa shape index (κ1) is 13.3. The third-order valence-electron chi connectivity index (χ3n) is 4.01. The number of ether oxygens (including phenoxy) is 3. The zero-order valence-electron chi connectivity index (χ0n) is 11.2. The lowest BCUT2D eigenvalue weighted by Gasteiger charge is -2.23. The lowest BCUT2D eigenvalue weighted by molar-refractivity contribution is -0.157. The Balaban J connectivity index is 2.03. The van der Waals surface area contributed by atoms with E-state index >= 15 is 0 Å². The van der Waals surface area contributed by atoms with Crippen molar-refractivity contribution in [3.63, 3.8) is 0 Å². The highest BCUT2D eigenvalue weighted by molar-refractivity contribution is 4.93. The summed E-state index contributed by atoms with van der Waals surface area (Å²) in [5.74, 6) is 0.0250. The molecule has 4 nitrogen and oxygen atoms in total. The Hall–Kier alpha value is -0.160. The first-order chi connectivity index (χ1) is 7.98. The van der Waals surface area contributed by atoms with Crippen molar-refractivity contribution in [2.75, 3.05) is 13.2 Å². The van der Waals surface area contributed by atoms with Gasteiger partial charge in [0.05, 0.1) is 18.8 Å². The number of aliphatic hydroxyl groups excluding tert-OH is 1. The highest BCUT2D eigenvalue weighted by atomic mass is 16.7. The second kappa shape index (κ2) is 4.84. The lowest BCUT2D eigenvalue weighted by atomic mass is 9.86. The molecular weight excluding hydrogens is 220 g/mol. The molecule has 2 saturated heterocycles. The second-order valence-corrected chi connectivity index (χ2v) is 5.62. The van der Waals surface area contributed by atoms with Gasteiger partial charge in [0.1, 0.15) is 6.10 Å². The summed E-state index contributed by atoms with van der Waals surface area (Å²) in [5, 5.41) is 9.45. The third-order valence-corrected chi connectivity index (χ3v) is 4.01. The Morgan fingerprint density at radius 1 is 1.35 bits per heavy atom. The molecule has 0 amide bonds. The van der Waals surface area contributed by atoms with Gasteiger partial charge in [-0.2, -0.15) is 0 Å². The first-order valence-corrected chi connectivity index (χ1v) is 6.56. The number of rotatable bonds is 3. The smallest absolute Gasteiger partial charge is 0.163 e. The van der Waals surface area contributed by atoms with E-state index in [1.54, 1.807) is 0 Å². The zero-order valence-corrected chi connectivity index (χ0v) is 11.2. The molecule has 0 saturated carbocycles. The maximum absolute atomic E-state index is 9.45. The molecule has 100 valence electrons. The summed E-state index contributed by atoms with van der Waals surface area (Å²) in [6, 6.07) is 0. The van der Waals surface area contributed by atoms with Crippen LogP contribution in [0.1, 0.15) is 34.1 Å². The van der Waals surface area contributed by atoms with Crippen LogP contribution in [0, 0.1) is 11.8 Å². The molecule has 4 heteroatoms. The fourth-order valence-corrected chi connectivity index (χ4v) is 3.00. The summed E-state index contributed by atoms with van der Waals surface area (Å²) in [7, 11) is 0. The van der Waals surface area contributed by atoms with Crippen LogP contribution in [0.4, 0.5) is 0 Å². The van der Waals surface area contributed by atoms with Crippen molar-refractivity contribution in [2.45, 2.75) is 58.2 Å². The van der Waals surface area contributed by atoms with Gasteiger partial charge in [-0.25, -0.2) is 0 Å². The van der Waals surface area contributed by atoms with E-state index in [1.165, 1.54) is 0 Å². The van der Waals surface area contributed by atoms with Crippen LogP contribution in [-0.2, 0) is 14.2 Å². The molecule has 5 unspecified atom stereocenters. The van der Waals surface area contributed by atoms with Gasteiger partial charge in [-0.15, -0.1) is 0 Å². The summed E-state index contributed by atoms with van der Waals surface area (Å²) < 4.78 is 17.5. The van der Waals surface area contributed by atoms with Crippen molar-refractivity contribution >= 4 is 0 Å². The number of hydrogen-bond acceptors (Lipinski definition) is 4. The van der Waals surface area contributed by atoms with Gasteiger partial charge in [-0.05, 0) is 26.2 Å². The molecule has 2 aliphatic heterocycles. The summed E-state index contributed by atoms with van der Waals surface area (Å²) in [5.41, 5.74) is 0. The Morgan fingerprint density at radius 2 is 2.06 bits per heavy atom. The maximum atomic E-state index is 9.45. The summed E-state index contributed by atoms with van der Waals surface area (Å²) in [6.45, 7) is 8.85. The van der Waals surface area contributed by atoms with E-state index in [4.69, 9.17) is 14.2 Å². The van der Waals surface area contributed by atoms with Gasteiger partial charge in [-0.3, -0.25) is 0 Å². The van der Waals surface area contributed by atoms with Crippen molar-refractivity contribution in [1.82, 2.24) is 0 Å². The molecule has 0 aromatic rings. The maximum Gasteiger partial charge on any atom is 0.163 e. The van der Waals surface area contributed by atoms with Gasteiger partial charge in [0.25, 0.3) is 0 Å². The quantitative estimate of drug-likeness (QED) is 0.818. The number of aliphatic hydroxyl groups is 1. The molecule has 0 aromatic heterocycles. The van der Waals surface area contributed by atoms with Gasteiger partial charge >= 0.3 is 0 Å². The standard InChI is InChI=1S/C13H24O4/c1-5-10-9(6-14)8(2)12(16-10)11-7-15-13(3,4)17-11/h8-12,14H,5-7H2,1-4H3. The van der Waals surface area contributed by atoms with Crippen LogP contribution in [0.3, 0.4) is 0 Å². The highest BCUT2D eigenvalue weighted by Gasteiger charge is 2.48. The van der Waals surface area contributed by atoms with Crippen LogP contribution >= 0.6 is 0 Å². The lowest BCUT2D eigenvalue weighted by Crippen LogP contribution is -2.35. The Kier molecular flexibility index (Phi) is 3.78. The molecule has 0 spiro atoms. The molecule has 2 rings (SSSR count). The van der Waals surface area contributed by atoms with Crippen LogP contribution in [0.25, 0.3) is 0 Å². The highest BCUT2D eigenvalue weighted by Crippen LogP contribution is 2.39. The molecule has 2 heterocycles. The normalized spacial score (nSPS) is 45.4. The summed E-state index contributed by atoms with van der Waals surface area (Å²) >= 11 is 0. The average molecular weight is 244 g/mol. The molecule has 0 radical (unpaired) electrons. The van der Waals surface area contributed by atoms with Crippen molar-refractivity contribution in [2.24, 2.45) is 11.8 Å². The predicted octanol–water partition coefficient (Wildman–Crippen LogP) is 1.56. The first-order valence-electron chi connectivity index (χ1n) is 6.56. The molecule has 2 fully saturated rings. The molecule has 2 aliphatic rings. The van der Waals surface area contributed by atoms with E-state index < -0.39 is 5.79 Å². The Morgan fingerprint density at radius 3 is 2.47 bits per heavy atom. The van der Waals surface area contributed by atoms with E-state index in [1.807, 2.05) is 13.8 Å². The van der Waals surface area contributed by atoms with E-state index in [0.717, 1.165) is 6.42 Å². The van der Waals surface area contributed by atoms with Gasteiger partial charge in [0.2, 0.25) is 0 Å². The van der Waals surface area contributed by atoms with Crippen LogP contribution < -0.4 is 0 Å². The van der Waals surface area contributed by atoms with E-state index in [-0.39, 0.29) is 30.8 Å². The third kappa shape index (κ3) is 2.50. The van der Waals surface area contributed by atoms with E-state index in [2.05, 4.69) is 13.8 Å². The Bertz CT molecular complexity index is 266. The van der Waals surface area contributed by atoms with Crippen molar-refractivity contribution in [3.8, 4) is 0 Å². The largest absolute Gasteiger partial charge is 0.396 e. The van der Waals surface area contributed by atoms with Crippen LogP contribution in [0.15, 0.2) is 0 Å². The minimum absolute atomic E-state index is 0.00870. The topological polar surface area (TPSA) is 47.9 Å². The van der Waals surface area contributed by atoms with Crippen molar-refractivity contribution in [3.05, 3.63) is 0 Å². The van der Waals surface area contributed by atoms with Crippen molar-refractivity contribution in [1.29, 1.82) is 0 Å². The minimum atomic E-state index is -0.507. The van der Waals surface area contributed by atoms with Crippen LogP contribution in [0.5, 0.6) is 0 Å². The molecule has 0 aliphatic carbocycles. The van der Waals surface area contributed by atoms with Crippen LogP contribution in [-0.4, -0.2) is 42.4 Å². The fourth-order valence-electron chi connectivity index (χ4n) is 3.00. The Labute approximate surface area is 103 Å². The molecule has 17 heavy (non-hydrogen) atoms. The van der Waals surface area contributed by atoms with Gasteiger partial charge in [0, 0.05) is 12.5 Å². The minimum Gasteiger partial charge on any atom is -0.396 e. The molecule has 0 bridgehead atoms. The van der Waals surface area contributed by atoms with Gasteiger partial charge in [0.15, 0.2) is 5.79 Å². The summed E-state index contributed by atoms with van der Waals surface area (Å²) in [4.78, 5) is 0. The van der Waals surface area contributed by atoms with E-state index in [9.17, 15) is 5.11 Å². The van der Waals surface area contributed by atoms with Gasteiger partial charge in [-0.1, -0.05) is 13.8 Å². The molecule has 1 N–H and O–H groups in total. The molecule has 5 atom stereocenters. The zero-order chi connectivity index (χ0) is 12.6. The van der Waals surface area contributed by atoms with Crippen LogP contribution in [0.2, 0.25) is 0 Å². The molecular formula is C13H24O4. The SMILES string of the molecule is CCC1OC(C2COC(C)(C)O2)C(C)C1CO.